The average Bonchev–Trinajstić information content (AvgIpc) is 2.50. The van der Waals surface area contributed by atoms with Gasteiger partial charge in [0.05, 0.1) is 15.7 Å². The maximum absolute atomic E-state index is 5.99. The summed E-state index contributed by atoms with van der Waals surface area (Å²) in [7, 11) is 0. The van der Waals surface area contributed by atoms with E-state index in [2.05, 4.69) is 10.1 Å². The summed E-state index contributed by atoms with van der Waals surface area (Å²) >= 11 is 11.8. The zero-order valence-electron chi connectivity index (χ0n) is 7.48. The molecule has 0 saturated carbocycles. The number of nitrogen functional groups attached to an aromatic ring is 2. The largest absolute Gasteiger partial charge is 0.368 e. The molecule has 0 fully saturated rings. The van der Waals surface area contributed by atoms with Gasteiger partial charge in [-0.15, -0.1) is 5.10 Å². The summed E-state index contributed by atoms with van der Waals surface area (Å²) in [4.78, 5) is 3.76. The third kappa shape index (κ3) is 1.71. The molecule has 5 nitrogen and oxygen atoms in total. The SMILES string of the molecule is Nc1nc(N)n(-c2cccc(Cl)c2Cl)n1. The van der Waals surface area contributed by atoms with E-state index in [1.54, 1.807) is 18.2 Å². The highest BCUT2D eigenvalue weighted by Gasteiger charge is 2.11. The van der Waals surface area contributed by atoms with E-state index in [9.17, 15) is 0 Å². The van der Waals surface area contributed by atoms with E-state index >= 15 is 0 Å². The Morgan fingerprint density at radius 2 is 1.93 bits per heavy atom. The predicted molar refractivity (Wildman–Crippen MR) is 60.2 cm³/mol. The second kappa shape index (κ2) is 3.60. The van der Waals surface area contributed by atoms with E-state index in [0.29, 0.717) is 15.7 Å². The van der Waals surface area contributed by atoms with Crippen LogP contribution in [0.2, 0.25) is 10.0 Å². The van der Waals surface area contributed by atoms with Crippen molar-refractivity contribution in [3.05, 3.63) is 28.2 Å². The van der Waals surface area contributed by atoms with Gasteiger partial charge in [-0.25, -0.2) is 0 Å². The van der Waals surface area contributed by atoms with Crippen molar-refractivity contribution in [2.75, 3.05) is 11.5 Å². The Labute approximate surface area is 95.6 Å². The lowest BCUT2D eigenvalue weighted by Gasteiger charge is -2.05. The third-order valence-corrected chi connectivity index (χ3v) is 2.62. The zero-order valence-corrected chi connectivity index (χ0v) is 9.00. The van der Waals surface area contributed by atoms with E-state index in [1.807, 2.05) is 0 Å². The first-order valence-corrected chi connectivity index (χ1v) is 4.77. The lowest BCUT2D eigenvalue weighted by atomic mass is 10.3. The van der Waals surface area contributed by atoms with Crippen molar-refractivity contribution >= 4 is 35.1 Å². The van der Waals surface area contributed by atoms with Gasteiger partial charge in [-0.2, -0.15) is 9.67 Å². The summed E-state index contributed by atoms with van der Waals surface area (Å²) < 4.78 is 1.34. The van der Waals surface area contributed by atoms with E-state index in [-0.39, 0.29) is 11.9 Å². The first kappa shape index (κ1) is 10.1. The van der Waals surface area contributed by atoms with Crippen molar-refractivity contribution in [1.29, 1.82) is 0 Å². The highest BCUT2D eigenvalue weighted by atomic mass is 35.5. The fourth-order valence-corrected chi connectivity index (χ4v) is 1.55. The summed E-state index contributed by atoms with van der Waals surface area (Å²) in [6.45, 7) is 0. The second-order valence-electron chi connectivity index (χ2n) is 2.81. The molecule has 1 aromatic heterocycles. The van der Waals surface area contributed by atoms with Gasteiger partial charge < -0.3 is 11.5 Å². The molecule has 2 aromatic rings. The summed E-state index contributed by atoms with van der Waals surface area (Å²) in [5.74, 6) is 0.250. The molecule has 0 saturated heterocycles. The molecule has 78 valence electrons. The number of rotatable bonds is 1. The molecule has 0 spiro atoms. The minimum absolute atomic E-state index is 0.0866. The molecule has 0 aliphatic rings. The predicted octanol–water partition coefficient (Wildman–Crippen LogP) is 1.74. The second-order valence-corrected chi connectivity index (χ2v) is 3.60. The van der Waals surface area contributed by atoms with Gasteiger partial charge in [-0.05, 0) is 12.1 Å². The number of hydrogen-bond acceptors (Lipinski definition) is 4. The normalized spacial score (nSPS) is 10.5. The molecule has 4 N–H and O–H groups in total. The number of nitrogens with zero attached hydrogens (tertiary/aromatic N) is 3. The van der Waals surface area contributed by atoms with Gasteiger partial charge in [0.2, 0.25) is 11.9 Å². The van der Waals surface area contributed by atoms with Crippen LogP contribution in [-0.2, 0) is 0 Å². The van der Waals surface area contributed by atoms with Crippen LogP contribution in [0, 0.1) is 0 Å². The lowest BCUT2D eigenvalue weighted by molar-refractivity contribution is 0.896. The molecule has 7 heteroatoms. The average molecular weight is 244 g/mol. The molecule has 0 aliphatic heterocycles. The first-order chi connectivity index (χ1) is 7.09. The Kier molecular flexibility index (Phi) is 2.42. The van der Waals surface area contributed by atoms with Gasteiger partial charge in [0.25, 0.3) is 0 Å². The van der Waals surface area contributed by atoms with E-state index in [0.717, 1.165) is 0 Å². The Bertz CT molecular complexity index is 508. The van der Waals surface area contributed by atoms with Crippen molar-refractivity contribution in [1.82, 2.24) is 14.8 Å². The molecular weight excluding hydrogens is 237 g/mol. The van der Waals surface area contributed by atoms with Crippen molar-refractivity contribution in [2.45, 2.75) is 0 Å². The van der Waals surface area contributed by atoms with Crippen LogP contribution in [0.1, 0.15) is 0 Å². The van der Waals surface area contributed by atoms with Crippen LogP contribution < -0.4 is 11.5 Å². The van der Waals surface area contributed by atoms with Crippen molar-refractivity contribution < 1.29 is 0 Å². The third-order valence-electron chi connectivity index (χ3n) is 1.81. The number of benzene rings is 1. The summed E-state index contributed by atoms with van der Waals surface area (Å²) in [6.07, 6.45) is 0. The van der Waals surface area contributed by atoms with Crippen LogP contribution in [0.15, 0.2) is 18.2 Å². The Morgan fingerprint density at radius 3 is 2.53 bits per heavy atom. The van der Waals surface area contributed by atoms with E-state index < -0.39 is 0 Å². The number of hydrogen-bond donors (Lipinski definition) is 2. The summed E-state index contributed by atoms with van der Waals surface area (Å²) in [5, 5.41) is 4.67. The number of halogens is 2. The Morgan fingerprint density at radius 1 is 1.20 bits per heavy atom. The van der Waals surface area contributed by atoms with Crippen LogP contribution in [0.4, 0.5) is 11.9 Å². The molecule has 1 aromatic carbocycles. The fourth-order valence-electron chi connectivity index (χ4n) is 1.17. The van der Waals surface area contributed by atoms with E-state index in [4.69, 9.17) is 34.7 Å². The smallest absolute Gasteiger partial charge is 0.241 e. The van der Waals surface area contributed by atoms with Gasteiger partial charge in [-0.3, -0.25) is 0 Å². The standard InChI is InChI=1S/C8H7Cl2N5/c9-4-2-1-3-5(6(4)10)15-8(12)13-7(11)14-15/h1-3H,(H4,11,12,13,14). The highest BCUT2D eigenvalue weighted by molar-refractivity contribution is 6.43. The van der Waals surface area contributed by atoms with Crippen LogP contribution in [-0.4, -0.2) is 14.8 Å². The maximum Gasteiger partial charge on any atom is 0.241 e. The van der Waals surface area contributed by atoms with Gasteiger partial charge >= 0.3 is 0 Å². The van der Waals surface area contributed by atoms with Gasteiger partial charge in [0, 0.05) is 0 Å². The van der Waals surface area contributed by atoms with Crippen molar-refractivity contribution in [3.8, 4) is 5.69 Å². The minimum atomic E-state index is 0.0866. The quantitative estimate of drug-likeness (QED) is 0.800. The molecule has 0 amide bonds. The van der Waals surface area contributed by atoms with E-state index in [1.165, 1.54) is 4.68 Å². The molecule has 0 unspecified atom stereocenters. The van der Waals surface area contributed by atoms with Crippen LogP contribution in [0.3, 0.4) is 0 Å². The van der Waals surface area contributed by atoms with Crippen molar-refractivity contribution in [3.63, 3.8) is 0 Å². The zero-order chi connectivity index (χ0) is 11.0. The summed E-state index contributed by atoms with van der Waals surface area (Å²) in [6, 6.07) is 5.13. The summed E-state index contributed by atoms with van der Waals surface area (Å²) in [5.41, 5.74) is 11.6. The fraction of sp³-hybridized carbons (Fsp3) is 0. The molecule has 15 heavy (non-hydrogen) atoms. The number of nitrogens with two attached hydrogens (primary N) is 2. The molecule has 0 radical (unpaired) electrons. The molecule has 1 heterocycles. The molecule has 2 rings (SSSR count). The van der Waals surface area contributed by atoms with Crippen LogP contribution >= 0.6 is 23.2 Å². The molecule has 0 aliphatic carbocycles. The molecule has 0 bridgehead atoms. The monoisotopic (exact) mass is 243 g/mol. The minimum Gasteiger partial charge on any atom is -0.368 e. The lowest BCUT2D eigenvalue weighted by Crippen LogP contribution is -2.03. The topological polar surface area (TPSA) is 82.7 Å². The highest BCUT2D eigenvalue weighted by Crippen LogP contribution is 2.29. The maximum atomic E-state index is 5.99. The van der Waals surface area contributed by atoms with Crippen LogP contribution in [0.25, 0.3) is 5.69 Å². The number of aromatic nitrogens is 3. The Hall–Kier alpha value is -1.46. The Balaban J connectivity index is 2.64. The van der Waals surface area contributed by atoms with Gasteiger partial charge in [-0.1, -0.05) is 29.3 Å². The van der Waals surface area contributed by atoms with Crippen LogP contribution in [0.5, 0.6) is 0 Å². The molecular formula is C8H7Cl2N5. The van der Waals surface area contributed by atoms with Gasteiger partial charge in [0.15, 0.2) is 0 Å². The molecule has 0 atom stereocenters. The van der Waals surface area contributed by atoms with Crippen molar-refractivity contribution in [2.24, 2.45) is 0 Å². The van der Waals surface area contributed by atoms with Gasteiger partial charge in [0.1, 0.15) is 0 Å². The first-order valence-electron chi connectivity index (χ1n) is 4.02. The number of anilines is 2.